The van der Waals surface area contributed by atoms with E-state index in [0.29, 0.717) is 17.5 Å². The lowest BCUT2D eigenvalue weighted by Gasteiger charge is -2.36. The number of rotatable bonds is 6. The molecule has 0 bridgehead atoms. The zero-order chi connectivity index (χ0) is 27.8. The van der Waals surface area contributed by atoms with E-state index in [4.69, 9.17) is 4.74 Å². The van der Waals surface area contributed by atoms with Crippen molar-refractivity contribution in [2.75, 3.05) is 18.3 Å². The van der Waals surface area contributed by atoms with Gasteiger partial charge in [0.2, 0.25) is 5.95 Å². The number of carbonyl (C=O) groups is 1. The van der Waals surface area contributed by atoms with Crippen molar-refractivity contribution >= 4 is 29.4 Å². The Morgan fingerprint density at radius 3 is 2.66 bits per heavy atom. The number of ether oxygens (including phenoxy) is 1. The standard InChI is InChI=1S/C26H24F3N5O3S/c1-14(38-4)10-17-11-16(13-30)8-9-20(17)22-21(23(35)37-3)15(2)33(24-31-32-25(36)34(22)24)19-7-5-6-18(12-19)26(27,28)29/h5-9,11-12,14,22H,10H2,1-4H3,(H,32,36)/t14-,22?/m1/s1. The third kappa shape index (κ3) is 4.81. The van der Waals surface area contributed by atoms with Gasteiger partial charge >= 0.3 is 17.8 Å². The predicted octanol–water partition coefficient (Wildman–Crippen LogP) is 4.94. The lowest BCUT2D eigenvalue weighted by Crippen LogP contribution is -2.38. The maximum absolute atomic E-state index is 13.5. The van der Waals surface area contributed by atoms with Gasteiger partial charge in [0.25, 0.3) is 0 Å². The first kappa shape index (κ1) is 27.1. The van der Waals surface area contributed by atoms with Crippen molar-refractivity contribution in [1.29, 1.82) is 5.26 Å². The number of hydrogen-bond acceptors (Lipinski definition) is 7. The number of esters is 1. The Labute approximate surface area is 220 Å². The van der Waals surface area contributed by atoms with E-state index >= 15 is 0 Å². The summed E-state index contributed by atoms with van der Waals surface area (Å²) in [5.41, 5.74) is 0.560. The Hall–Kier alpha value is -3.98. The average Bonchev–Trinajstić information content (AvgIpc) is 3.27. The van der Waals surface area contributed by atoms with Gasteiger partial charge < -0.3 is 4.74 Å². The molecule has 0 aliphatic carbocycles. The summed E-state index contributed by atoms with van der Waals surface area (Å²) >= 11 is 1.62. The van der Waals surface area contributed by atoms with Crippen molar-refractivity contribution in [3.8, 4) is 6.07 Å². The second-order valence-corrected chi connectivity index (χ2v) is 10.0. The largest absolute Gasteiger partial charge is 0.466 e. The van der Waals surface area contributed by atoms with E-state index in [1.807, 2.05) is 13.2 Å². The number of halogens is 3. The fourth-order valence-electron chi connectivity index (χ4n) is 4.59. The Morgan fingerprint density at radius 2 is 2.03 bits per heavy atom. The number of fused-ring (bicyclic) bond motifs is 1. The van der Waals surface area contributed by atoms with Crippen LogP contribution in [0.3, 0.4) is 0 Å². The first-order valence-electron chi connectivity index (χ1n) is 11.5. The van der Waals surface area contributed by atoms with Crippen molar-refractivity contribution in [3.05, 3.63) is 86.5 Å². The summed E-state index contributed by atoms with van der Waals surface area (Å²) in [6.07, 6.45) is -2.11. The minimum absolute atomic E-state index is 0.0118. The van der Waals surface area contributed by atoms with Crippen LogP contribution < -0.4 is 10.6 Å². The number of allylic oxidation sites excluding steroid dienone is 1. The molecule has 198 valence electrons. The molecule has 1 unspecified atom stereocenters. The number of hydrogen-bond donors (Lipinski definition) is 1. The highest BCUT2D eigenvalue weighted by atomic mass is 32.2. The molecule has 0 fully saturated rings. The van der Waals surface area contributed by atoms with Gasteiger partial charge in [-0.2, -0.15) is 30.2 Å². The third-order valence-corrected chi connectivity index (χ3v) is 7.43. The number of methoxy groups -OCH3 is 1. The smallest absolute Gasteiger partial charge is 0.416 e. The predicted molar refractivity (Wildman–Crippen MR) is 137 cm³/mol. The minimum Gasteiger partial charge on any atom is -0.466 e. The SMILES string of the molecule is COC(=O)C1=C(C)N(c2cccc(C(F)(F)F)c2)c2n[nH]c(=O)n2C1c1ccc(C#N)cc1C[C@@H](C)SC. The second kappa shape index (κ2) is 10.4. The number of thioether (sulfide) groups is 1. The first-order valence-corrected chi connectivity index (χ1v) is 12.8. The van der Waals surface area contributed by atoms with Gasteiger partial charge in [0.1, 0.15) is 6.04 Å². The molecule has 2 aromatic carbocycles. The van der Waals surface area contributed by atoms with Gasteiger partial charge in [0, 0.05) is 16.6 Å². The highest BCUT2D eigenvalue weighted by Gasteiger charge is 2.41. The van der Waals surface area contributed by atoms with Crippen LogP contribution in [-0.4, -0.2) is 39.3 Å². The number of anilines is 2. The number of carbonyl (C=O) groups excluding carboxylic acids is 1. The molecule has 0 spiro atoms. The average molecular weight is 544 g/mol. The Balaban J connectivity index is 2.02. The highest BCUT2D eigenvalue weighted by Crippen LogP contribution is 2.43. The molecule has 1 aliphatic heterocycles. The number of nitrogens with zero attached hydrogens (tertiary/aromatic N) is 4. The van der Waals surface area contributed by atoms with Gasteiger partial charge in [0.15, 0.2) is 0 Å². The van der Waals surface area contributed by atoms with Crippen molar-refractivity contribution in [1.82, 2.24) is 14.8 Å². The molecule has 38 heavy (non-hydrogen) atoms. The van der Waals surface area contributed by atoms with Crippen molar-refractivity contribution in [2.45, 2.75) is 37.7 Å². The molecule has 1 aromatic heterocycles. The molecule has 1 aliphatic rings. The summed E-state index contributed by atoms with van der Waals surface area (Å²) in [6.45, 7) is 3.58. The van der Waals surface area contributed by atoms with E-state index in [1.54, 1.807) is 36.9 Å². The molecule has 0 radical (unpaired) electrons. The van der Waals surface area contributed by atoms with Crippen molar-refractivity contribution in [2.24, 2.45) is 0 Å². The number of nitrogens with one attached hydrogen (secondary N) is 1. The maximum Gasteiger partial charge on any atom is 0.416 e. The van der Waals surface area contributed by atoms with Gasteiger partial charge in [-0.1, -0.05) is 19.1 Å². The van der Waals surface area contributed by atoms with Gasteiger partial charge in [-0.25, -0.2) is 19.3 Å². The van der Waals surface area contributed by atoms with Gasteiger partial charge in [-0.15, -0.1) is 5.10 Å². The van der Waals surface area contributed by atoms with E-state index in [9.17, 15) is 28.0 Å². The molecule has 0 saturated heterocycles. The van der Waals surface area contributed by atoms with Crippen LogP contribution in [0.5, 0.6) is 0 Å². The van der Waals surface area contributed by atoms with Crippen LogP contribution in [0.15, 0.2) is 58.5 Å². The number of aromatic amines is 1. The van der Waals surface area contributed by atoms with Crippen molar-refractivity contribution in [3.63, 3.8) is 0 Å². The summed E-state index contributed by atoms with van der Waals surface area (Å²) in [5, 5.41) is 16.1. The molecule has 0 saturated carbocycles. The number of nitriles is 1. The van der Waals surface area contributed by atoms with Crippen LogP contribution in [-0.2, 0) is 22.1 Å². The summed E-state index contributed by atoms with van der Waals surface area (Å²) in [7, 11) is 1.19. The normalized spacial score (nSPS) is 16.2. The van der Waals surface area contributed by atoms with Crippen LogP contribution in [0.4, 0.5) is 24.8 Å². The molecule has 4 rings (SSSR count). The van der Waals surface area contributed by atoms with Crippen LogP contribution in [0.2, 0.25) is 0 Å². The van der Waals surface area contributed by atoms with E-state index in [-0.39, 0.29) is 28.2 Å². The lowest BCUT2D eigenvalue weighted by molar-refractivity contribution is -0.138. The molecule has 0 amide bonds. The maximum atomic E-state index is 13.5. The van der Waals surface area contributed by atoms with Gasteiger partial charge in [-0.05, 0) is 61.1 Å². The summed E-state index contributed by atoms with van der Waals surface area (Å²) < 4.78 is 46.8. The third-order valence-electron chi connectivity index (χ3n) is 6.46. The second-order valence-electron chi connectivity index (χ2n) is 8.75. The first-order chi connectivity index (χ1) is 18.0. The summed E-state index contributed by atoms with van der Waals surface area (Å²) in [6, 6.07) is 10.7. The van der Waals surface area contributed by atoms with E-state index in [0.717, 1.165) is 17.7 Å². The van der Waals surface area contributed by atoms with E-state index in [2.05, 4.69) is 16.3 Å². The molecule has 1 N–H and O–H groups in total. The summed E-state index contributed by atoms with van der Waals surface area (Å²) in [4.78, 5) is 27.7. The molecular weight excluding hydrogens is 519 g/mol. The lowest BCUT2D eigenvalue weighted by atomic mass is 9.88. The number of H-pyrrole nitrogens is 1. The van der Waals surface area contributed by atoms with E-state index < -0.39 is 29.4 Å². The molecule has 12 heteroatoms. The monoisotopic (exact) mass is 543 g/mol. The fourth-order valence-corrected chi connectivity index (χ4v) is 4.94. The van der Waals surface area contributed by atoms with Gasteiger partial charge in [-0.3, -0.25) is 4.90 Å². The minimum atomic E-state index is -4.60. The number of aromatic nitrogens is 3. The fraction of sp³-hybridized carbons (Fsp3) is 0.308. The quantitative estimate of drug-likeness (QED) is 0.439. The zero-order valence-electron chi connectivity index (χ0n) is 21.0. The summed E-state index contributed by atoms with van der Waals surface area (Å²) in [5.74, 6) is -0.742. The topological polar surface area (TPSA) is 104 Å². The van der Waals surface area contributed by atoms with Crippen molar-refractivity contribution < 1.29 is 22.7 Å². The highest BCUT2D eigenvalue weighted by molar-refractivity contribution is 7.99. The van der Waals surface area contributed by atoms with Crippen LogP contribution in [0, 0.1) is 11.3 Å². The van der Waals surface area contributed by atoms with Gasteiger partial charge in [0.05, 0.1) is 29.9 Å². The van der Waals surface area contributed by atoms with Crippen LogP contribution in [0.25, 0.3) is 0 Å². The molecule has 3 aromatic rings. The van der Waals surface area contributed by atoms with Crippen LogP contribution >= 0.6 is 11.8 Å². The Morgan fingerprint density at radius 1 is 1.29 bits per heavy atom. The Bertz CT molecular complexity index is 1520. The molecule has 8 nitrogen and oxygen atoms in total. The van der Waals surface area contributed by atoms with Crippen LogP contribution in [0.1, 0.15) is 42.1 Å². The number of benzene rings is 2. The molecular formula is C26H24F3N5O3S. The number of alkyl halides is 3. The Kier molecular flexibility index (Phi) is 7.42. The zero-order valence-corrected chi connectivity index (χ0v) is 21.8. The molecule has 2 atom stereocenters. The van der Waals surface area contributed by atoms with E-state index in [1.165, 1.54) is 28.7 Å². The molecule has 2 heterocycles.